The fourth-order valence-corrected chi connectivity index (χ4v) is 3.70. The zero-order valence-electron chi connectivity index (χ0n) is 10.9. The van der Waals surface area contributed by atoms with E-state index in [0.29, 0.717) is 5.92 Å². The van der Waals surface area contributed by atoms with Crippen LogP contribution in [-0.4, -0.2) is 34.7 Å². The summed E-state index contributed by atoms with van der Waals surface area (Å²) in [6.45, 7) is 6.84. The Morgan fingerprint density at radius 1 is 1.12 bits per heavy atom. The molecule has 2 fully saturated rings. The van der Waals surface area contributed by atoms with Crippen LogP contribution in [0, 0.1) is 5.92 Å². The van der Waals surface area contributed by atoms with Gasteiger partial charge < -0.3 is 5.11 Å². The highest BCUT2D eigenvalue weighted by Gasteiger charge is 2.47. The molecular formula is C14H27NO. The number of aliphatic hydroxyl groups excluding tert-OH is 1. The Labute approximate surface area is 100 Å². The van der Waals surface area contributed by atoms with Crippen LogP contribution >= 0.6 is 0 Å². The second kappa shape index (κ2) is 5.05. The molecule has 2 rings (SSSR count). The lowest BCUT2D eigenvalue weighted by atomic mass is 9.81. The lowest BCUT2D eigenvalue weighted by Gasteiger charge is -2.44. The highest BCUT2D eigenvalue weighted by Crippen LogP contribution is 2.42. The number of likely N-dealkylation sites (tertiary alicyclic amines) is 1. The first kappa shape index (κ1) is 12.4. The van der Waals surface area contributed by atoms with Crippen LogP contribution in [0.15, 0.2) is 0 Å². The summed E-state index contributed by atoms with van der Waals surface area (Å²) >= 11 is 0. The van der Waals surface area contributed by atoms with Gasteiger partial charge >= 0.3 is 0 Å². The summed E-state index contributed by atoms with van der Waals surface area (Å²) in [6, 6.07) is 0. The summed E-state index contributed by atoms with van der Waals surface area (Å²) < 4.78 is 0. The van der Waals surface area contributed by atoms with Crippen molar-refractivity contribution in [2.45, 2.75) is 70.4 Å². The summed E-state index contributed by atoms with van der Waals surface area (Å²) in [5, 5.41) is 10.7. The maximum absolute atomic E-state index is 10.7. The minimum Gasteiger partial charge on any atom is -0.391 e. The molecule has 16 heavy (non-hydrogen) atoms. The third-order valence-corrected chi connectivity index (χ3v) is 4.94. The van der Waals surface area contributed by atoms with E-state index < -0.39 is 0 Å². The standard InChI is InChI=1S/C14H27NO/c1-3-12(2)13(16)14(8-4-5-9-14)15-10-6-7-11-15/h12-13,16H,3-11H2,1-2H3. The average Bonchev–Trinajstić information content (AvgIpc) is 2.97. The van der Waals surface area contributed by atoms with E-state index in [0.717, 1.165) is 6.42 Å². The van der Waals surface area contributed by atoms with E-state index in [-0.39, 0.29) is 11.6 Å². The first-order valence-electron chi connectivity index (χ1n) is 7.14. The van der Waals surface area contributed by atoms with Crippen LogP contribution in [0.4, 0.5) is 0 Å². The molecule has 2 unspecified atom stereocenters. The van der Waals surface area contributed by atoms with Gasteiger partial charge in [-0.3, -0.25) is 4.90 Å². The molecule has 1 aliphatic carbocycles. The zero-order chi connectivity index (χ0) is 11.6. The molecule has 2 aliphatic rings. The van der Waals surface area contributed by atoms with Crippen molar-refractivity contribution >= 4 is 0 Å². The summed E-state index contributed by atoms with van der Waals surface area (Å²) in [5.41, 5.74) is 0.145. The number of rotatable bonds is 4. The molecule has 1 aliphatic heterocycles. The van der Waals surface area contributed by atoms with Gasteiger partial charge in [0.05, 0.1) is 6.10 Å². The van der Waals surface area contributed by atoms with Gasteiger partial charge in [0.25, 0.3) is 0 Å². The molecule has 1 N–H and O–H groups in total. The monoisotopic (exact) mass is 225 g/mol. The molecule has 94 valence electrons. The Kier molecular flexibility index (Phi) is 3.91. The predicted octanol–water partition coefficient (Wildman–Crippen LogP) is 2.80. The Hall–Kier alpha value is -0.0800. The van der Waals surface area contributed by atoms with Crippen molar-refractivity contribution in [3.05, 3.63) is 0 Å². The number of hydrogen-bond donors (Lipinski definition) is 1. The summed E-state index contributed by atoms with van der Waals surface area (Å²) in [6.07, 6.45) is 8.70. The second-order valence-electron chi connectivity index (χ2n) is 5.84. The molecule has 0 bridgehead atoms. The van der Waals surface area contributed by atoms with E-state index >= 15 is 0 Å². The van der Waals surface area contributed by atoms with Gasteiger partial charge in [-0.1, -0.05) is 33.1 Å². The van der Waals surface area contributed by atoms with Crippen LogP contribution < -0.4 is 0 Å². The molecule has 1 heterocycles. The third-order valence-electron chi connectivity index (χ3n) is 4.94. The fourth-order valence-electron chi connectivity index (χ4n) is 3.70. The maximum atomic E-state index is 10.7. The van der Waals surface area contributed by atoms with Crippen LogP contribution in [0.1, 0.15) is 58.8 Å². The third kappa shape index (κ3) is 2.02. The van der Waals surface area contributed by atoms with Gasteiger partial charge in [-0.05, 0) is 44.7 Å². The number of nitrogens with zero attached hydrogens (tertiary/aromatic N) is 1. The lowest BCUT2D eigenvalue weighted by Crippen LogP contribution is -2.56. The van der Waals surface area contributed by atoms with Crippen molar-refractivity contribution < 1.29 is 5.11 Å². The van der Waals surface area contributed by atoms with Crippen molar-refractivity contribution in [1.82, 2.24) is 4.90 Å². The van der Waals surface area contributed by atoms with Crippen molar-refractivity contribution in [1.29, 1.82) is 0 Å². The lowest BCUT2D eigenvalue weighted by molar-refractivity contribution is -0.0469. The van der Waals surface area contributed by atoms with Gasteiger partial charge in [-0.25, -0.2) is 0 Å². The van der Waals surface area contributed by atoms with E-state index in [4.69, 9.17) is 0 Å². The maximum Gasteiger partial charge on any atom is 0.0749 e. The van der Waals surface area contributed by atoms with Crippen molar-refractivity contribution in [2.75, 3.05) is 13.1 Å². The van der Waals surface area contributed by atoms with Gasteiger partial charge in [0.1, 0.15) is 0 Å². The first-order valence-corrected chi connectivity index (χ1v) is 7.14. The van der Waals surface area contributed by atoms with Gasteiger partial charge in [0, 0.05) is 5.54 Å². The van der Waals surface area contributed by atoms with E-state index in [2.05, 4.69) is 18.7 Å². The molecule has 1 saturated heterocycles. The van der Waals surface area contributed by atoms with E-state index in [1.165, 1.54) is 51.6 Å². The molecule has 0 aromatic heterocycles. The molecule has 2 atom stereocenters. The quantitative estimate of drug-likeness (QED) is 0.795. The summed E-state index contributed by atoms with van der Waals surface area (Å²) in [5.74, 6) is 0.443. The minimum atomic E-state index is -0.113. The van der Waals surface area contributed by atoms with Crippen LogP contribution in [0.25, 0.3) is 0 Å². The summed E-state index contributed by atoms with van der Waals surface area (Å²) in [4.78, 5) is 2.61. The fraction of sp³-hybridized carbons (Fsp3) is 1.00. The van der Waals surface area contributed by atoms with Crippen LogP contribution in [0.2, 0.25) is 0 Å². The SMILES string of the molecule is CCC(C)C(O)C1(N2CCCC2)CCCC1. The highest BCUT2D eigenvalue weighted by molar-refractivity contribution is 5.02. The Morgan fingerprint density at radius 2 is 1.69 bits per heavy atom. The molecule has 0 amide bonds. The van der Waals surface area contributed by atoms with Gasteiger partial charge in [-0.15, -0.1) is 0 Å². The zero-order valence-corrected chi connectivity index (χ0v) is 10.9. The predicted molar refractivity (Wildman–Crippen MR) is 67.5 cm³/mol. The van der Waals surface area contributed by atoms with Gasteiger partial charge in [-0.2, -0.15) is 0 Å². The smallest absolute Gasteiger partial charge is 0.0749 e. The largest absolute Gasteiger partial charge is 0.391 e. The van der Waals surface area contributed by atoms with Crippen LogP contribution in [-0.2, 0) is 0 Å². The van der Waals surface area contributed by atoms with Crippen molar-refractivity contribution in [2.24, 2.45) is 5.92 Å². The molecule has 0 aromatic carbocycles. The Morgan fingerprint density at radius 3 is 2.19 bits per heavy atom. The highest BCUT2D eigenvalue weighted by atomic mass is 16.3. The molecule has 0 radical (unpaired) electrons. The van der Waals surface area contributed by atoms with Crippen molar-refractivity contribution in [3.8, 4) is 0 Å². The van der Waals surface area contributed by atoms with E-state index in [9.17, 15) is 5.11 Å². The topological polar surface area (TPSA) is 23.5 Å². The summed E-state index contributed by atoms with van der Waals surface area (Å²) in [7, 11) is 0. The van der Waals surface area contributed by atoms with E-state index in [1.54, 1.807) is 0 Å². The Bertz CT molecular complexity index is 217. The molecule has 1 saturated carbocycles. The molecular weight excluding hydrogens is 198 g/mol. The van der Waals surface area contributed by atoms with E-state index in [1.807, 2.05) is 0 Å². The number of hydrogen-bond acceptors (Lipinski definition) is 2. The van der Waals surface area contributed by atoms with Gasteiger partial charge in [0.2, 0.25) is 0 Å². The molecule has 0 spiro atoms. The number of aliphatic hydroxyl groups is 1. The van der Waals surface area contributed by atoms with Gasteiger partial charge in [0.15, 0.2) is 0 Å². The molecule has 0 aromatic rings. The molecule has 2 heteroatoms. The normalized spacial score (nSPS) is 29.4. The minimum absolute atomic E-state index is 0.113. The average molecular weight is 225 g/mol. The van der Waals surface area contributed by atoms with Crippen LogP contribution in [0.3, 0.4) is 0 Å². The van der Waals surface area contributed by atoms with Crippen molar-refractivity contribution in [3.63, 3.8) is 0 Å². The first-order chi connectivity index (χ1) is 7.70. The van der Waals surface area contributed by atoms with Crippen LogP contribution in [0.5, 0.6) is 0 Å². The second-order valence-corrected chi connectivity index (χ2v) is 5.84. The Balaban J connectivity index is 2.13. The molecule has 2 nitrogen and oxygen atoms in total.